The Balaban J connectivity index is 1.82. The van der Waals surface area contributed by atoms with Crippen molar-refractivity contribution in [3.63, 3.8) is 0 Å². The molecule has 136 valence electrons. The summed E-state index contributed by atoms with van der Waals surface area (Å²) in [5.41, 5.74) is 1.46. The third-order valence-electron chi connectivity index (χ3n) is 4.01. The van der Waals surface area contributed by atoms with Gasteiger partial charge in [-0.05, 0) is 19.1 Å². The lowest BCUT2D eigenvalue weighted by Crippen LogP contribution is -2.17. The van der Waals surface area contributed by atoms with Crippen LogP contribution in [0.1, 0.15) is 22.8 Å². The Hall–Kier alpha value is -3.22. The van der Waals surface area contributed by atoms with Gasteiger partial charge >= 0.3 is 0 Å². The highest BCUT2D eigenvalue weighted by atomic mass is 16.7. The van der Waals surface area contributed by atoms with E-state index in [0.29, 0.717) is 39.8 Å². The van der Waals surface area contributed by atoms with Gasteiger partial charge in [-0.3, -0.25) is 9.59 Å². The summed E-state index contributed by atoms with van der Waals surface area (Å²) in [7, 11) is 3.09. The molecule has 0 atom stereocenters. The van der Waals surface area contributed by atoms with E-state index in [1.165, 1.54) is 14.0 Å². The Morgan fingerprint density at radius 2 is 1.81 bits per heavy atom. The first-order valence-corrected chi connectivity index (χ1v) is 7.97. The van der Waals surface area contributed by atoms with Gasteiger partial charge in [-0.1, -0.05) is 6.07 Å². The zero-order valence-corrected chi connectivity index (χ0v) is 14.8. The van der Waals surface area contributed by atoms with Gasteiger partial charge in [-0.25, -0.2) is 0 Å². The molecule has 0 radical (unpaired) electrons. The fourth-order valence-electron chi connectivity index (χ4n) is 2.70. The largest absolute Gasteiger partial charge is 0.497 e. The van der Waals surface area contributed by atoms with Crippen molar-refractivity contribution in [3.8, 4) is 23.0 Å². The van der Waals surface area contributed by atoms with Gasteiger partial charge in [0.15, 0.2) is 17.3 Å². The molecular weight excluding hydrogens is 338 g/mol. The van der Waals surface area contributed by atoms with E-state index in [1.807, 2.05) is 0 Å². The van der Waals surface area contributed by atoms with E-state index in [4.69, 9.17) is 18.9 Å². The molecule has 3 rings (SSSR count). The van der Waals surface area contributed by atoms with Crippen LogP contribution in [-0.4, -0.2) is 32.7 Å². The van der Waals surface area contributed by atoms with E-state index in [1.54, 1.807) is 37.4 Å². The van der Waals surface area contributed by atoms with Gasteiger partial charge < -0.3 is 24.3 Å². The average molecular weight is 357 g/mol. The highest BCUT2D eigenvalue weighted by Crippen LogP contribution is 2.37. The molecule has 7 heteroatoms. The van der Waals surface area contributed by atoms with E-state index >= 15 is 0 Å². The Kier molecular flexibility index (Phi) is 4.97. The predicted molar refractivity (Wildman–Crippen MR) is 94.4 cm³/mol. The molecule has 1 heterocycles. The van der Waals surface area contributed by atoms with Crippen LogP contribution in [-0.2, 0) is 11.2 Å². The number of Topliss-reactive ketones (excluding diaryl/α,β-unsaturated/α-hetero) is 1. The number of nitrogens with one attached hydrogen (secondary N) is 1. The minimum atomic E-state index is -0.283. The molecule has 1 aliphatic heterocycles. The SMILES string of the molecule is COc1ccc(CC(=O)Nc2cc3c(cc2C(C)=O)OCO3)c(OC)c1. The molecule has 0 saturated carbocycles. The first-order valence-electron chi connectivity index (χ1n) is 7.97. The van der Waals surface area contributed by atoms with Crippen LogP contribution in [0.5, 0.6) is 23.0 Å². The third-order valence-corrected chi connectivity index (χ3v) is 4.01. The second-order valence-corrected chi connectivity index (χ2v) is 5.71. The molecule has 0 spiro atoms. The number of fused-ring (bicyclic) bond motifs is 1. The molecule has 2 aromatic carbocycles. The number of ketones is 1. The molecule has 0 saturated heterocycles. The maximum atomic E-state index is 12.5. The van der Waals surface area contributed by atoms with Crippen molar-refractivity contribution in [3.05, 3.63) is 41.5 Å². The highest BCUT2D eigenvalue weighted by molar-refractivity contribution is 6.05. The summed E-state index contributed by atoms with van der Waals surface area (Å²) in [6, 6.07) is 8.41. The predicted octanol–water partition coefficient (Wildman–Crippen LogP) is 2.82. The molecule has 7 nitrogen and oxygen atoms in total. The molecule has 1 amide bonds. The number of anilines is 1. The van der Waals surface area contributed by atoms with Gasteiger partial charge in [0, 0.05) is 23.3 Å². The Bertz CT molecular complexity index is 861. The molecule has 0 bridgehead atoms. The molecule has 1 N–H and O–H groups in total. The molecule has 26 heavy (non-hydrogen) atoms. The van der Waals surface area contributed by atoms with Crippen molar-refractivity contribution in [2.24, 2.45) is 0 Å². The van der Waals surface area contributed by atoms with Crippen molar-refractivity contribution < 1.29 is 28.5 Å². The summed E-state index contributed by atoms with van der Waals surface area (Å²) in [5.74, 6) is 1.71. The van der Waals surface area contributed by atoms with E-state index in [2.05, 4.69) is 5.32 Å². The lowest BCUT2D eigenvalue weighted by atomic mass is 10.1. The number of ether oxygens (including phenoxy) is 4. The number of rotatable bonds is 6. The first-order chi connectivity index (χ1) is 12.5. The van der Waals surface area contributed by atoms with Crippen LogP contribution in [0.15, 0.2) is 30.3 Å². The van der Waals surface area contributed by atoms with Crippen LogP contribution in [0.25, 0.3) is 0 Å². The number of carbonyl (C=O) groups excluding carboxylic acids is 2. The lowest BCUT2D eigenvalue weighted by molar-refractivity contribution is -0.115. The van der Waals surface area contributed by atoms with Crippen molar-refractivity contribution >= 4 is 17.4 Å². The number of hydrogen-bond acceptors (Lipinski definition) is 6. The van der Waals surface area contributed by atoms with Crippen LogP contribution in [0.4, 0.5) is 5.69 Å². The molecule has 0 unspecified atom stereocenters. The molecule has 0 aromatic heterocycles. The summed E-state index contributed by atoms with van der Waals surface area (Å²) in [5, 5.41) is 2.77. The standard InChI is InChI=1S/C19H19NO6/c1-11(21)14-8-17-18(26-10-25-17)9-15(14)20-19(22)6-12-4-5-13(23-2)7-16(12)24-3/h4-5,7-9H,6,10H2,1-3H3,(H,20,22). The number of hydrogen-bond donors (Lipinski definition) is 1. The summed E-state index contributed by atoms with van der Waals surface area (Å²) in [6.07, 6.45) is 0.0823. The van der Waals surface area contributed by atoms with Gasteiger partial charge in [-0.15, -0.1) is 0 Å². The molecular formula is C19H19NO6. The Morgan fingerprint density at radius 3 is 2.46 bits per heavy atom. The summed E-state index contributed by atoms with van der Waals surface area (Å²) in [4.78, 5) is 24.4. The number of benzene rings is 2. The van der Waals surface area contributed by atoms with Gasteiger partial charge in [0.1, 0.15) is 11.5 Å². The zero-order chi connectivity index (χ0) is 18.7. The number of methoxy groups -OCH3 is 2. The number of carbonyl (C=O) groups is 2. The molecule has 0 aliphatic carbocycles. The van der Waals surface area contributed by atoms with Crippen LogP contribution in [0.2, 0.25) is 0 Å². The quantitative estimate of drug-likeness (QED) is 0.801. The third kappa shape index (κ3) is 3.56. The van der Waals surface area contributed by atoms with Crippen LogP contribution >= 0.6 is 0 Å². The fourth-order valence-corrected chi connectivity index (χ4v) is 2.70. The second kappa shape index (κ2) is 7.35. The maximum Gasteiger partial charge on any atom is 0.231 e. The van der Waals surface area contributed by atoms with Crippen LogP contribution in [0.3, 0.4) is 0 Å². The van der Waals surface area contributed by atoms with Crippen molar-refractivity contribution in [2.45, 2.75) is 13.3 Å². The maximum absolute atomic E-state index is 12.5. The van der Waals surface area contributed by atoms with E-state index in [-0.39, 0.29) is 24.9 Å². The Labute approximate surface area is 150 Å². The lowest BCUT2D eigenvalue weighted by Gasteiger charge is -2.13. The van der Waals surface area contributed by atoms with E-state index < -0.39 is 0 Å². The number of amides is 1. The summed E-state index contributed by atoms with van der Waals surface area (Å²) in [6.45, 7) is 1.52. The zero-order valence-electron chi connectivity index (χ0n) is 14.8. The summed E-state index contributed by atoms with van der Waals surface area (Å²) >= 11 is 0. The summed E-state index contributed by atoms with van der Waals surface area (Å²) < 4.78 is 21.1. The van der Waals surface area contributed by atoms with Crippen molar-refractivity contribution in [1.82, 2.24) is 0 Å². The van der Waals surface area contributed by atoms with Crippen molar-refractivity contribution in [1.29, 1.82) is 0 Å². The smallest absolute Gasteiger partial charge is 0.231 e. The van der Waals surface area contributed by atoms with Gasteiger partial charge in [0.05, 0.1) is 26.3 Å². The minimum absolute atomic E-state index is 0.0823. The first kappa shape index (κ1) is 17.6. The molecule has 1 aliphatic rings. The fraction of sp³-hybridized carbons (Fsp3) is 0.263. The van der Waals surface area contributed by atoms with Gasteiger partial charge in [0.2, 0.25) is 12.7 Å². The topological polar surface area (TPSA) is 83.1 Å². The van der Waals surface area contributed by atoms with Gasteiger partial charge in [-0.2, -0.15) is 0 Å². The van der Waals surface area contributed by atoms with Crippen LogP contribution < -0.4 is 24.3 Å². The monoisotopic (exact) mass is 357 g/mol. The van der Waals surface area contributed by atoms with Gasteiger partial charge in [0.25, 0.3) is 0 Å². The highest BCUT2D eigenvalue weighted by Gasteiger charge is 2.21. The van der Waals surface area contributed by atoms with E-state index in [0.717, 1.165) is 0 Å². The average Bonchev–Trinajstić information content (AvgIpc) is 3.08. The normalized spacial score (nSPS) is 11.8. The van der Waals surface area contributed by atoms with E-state index in [9.17, 15) is 9.59 Å². The second-order valence-electron chi connectivity index (χ2n) is 5.71. The van der Waals surface area contributed by atoms with Crippen LogP contribution in [0, 0.1) is 0 Å². The van der Waals surface area contributed by atoms with Crippen molar-refractivity contribution in [2.75, 3.05) is 26.3 Å². The molecule has 0 fully saturated rings. The minimum Gasteiger partial charge on any atom is -0.497 e. The Morgan fingerprint density at radius 1 is 1.08 bits per heavy atom. The molecule has 2 aromatic rings.